The standard InChI is InChI=1S/C16H27ClN2O/c1-8-12(17)14-10(2)18-19(11(14)3)13-9-15(4,5)20-16(13,6)7/h12-13H,8-9H2,1-7H3. The van der Waals surface area contributed by atoms with Gasteiger partial charge < -0.3 is 4.74 Å². The SMILES string of the molecule is CCC(Cl)c1c(C)nn(C2CC(C)(C)OC2(C)C)c1C. The van der Waals surface area contributed by atoms with Crippen LogP contribution in [0.2, 0.25) is 0 Å². The summed E-state index contributed by atoms with van der Waals surface area (Å²) in [5.41, 5.74) is 3.10. The smallest absolute Gasteiger partial charge is 0.0858 e. The van der Waals surface area contributed by atoms with Gasteiger partial charge in [0.1, 0.15) is 0 Å². The number of halogens is 1. The molecule has 20 heavy (non-hydrogen) atoms. The highest BCUT2D eigenvalue weighted by Crippen LogP contribution is 2.46. The number of alkyl halides is 1. The van der Waals surface area contributed by atoms with Crippen LogP contribution in [0.4, 0.5) is 0 Å². The van der Waals surface area contributed by atoms with Gasteiger partial charge in [-0.3, -0.25) is 4.68 Å². The Labute approximate surface area is 127 Å². The maximum Gasteiger partial charge on any atom is 0.0858 e. The van der Waals surface area contributed by atoms with Gasteiger partial charge in [0.2, 0.25) is 0 Å². The van der Waals surface area contributed by atoms with Crippen molar-refractivity contribution < 1.29 is 4.74 Å². The minimum Gasteiger partial charge on any atom is -0.367 e. The molecule has 1 saturated heterocycles. The van der Waals surface area contributed by atoms with E-state index in [0.717, 1.165) is 18.5 Å². The first-order valence-electron chi connectivity index (χ1n) is 7.49. The van der Waals surface area contributed by atoms with Crippen LogP contribution in [0.1, 0.15) is 75.8 Å². The van der Waals surface area contributed by atoms with Crippen LogP contribution in [0.5, 0.6) is 0 Å². The number of aryl methyl sites for hydroxylation is 1. The average Bonchev–Trinajstić information content (AvgIpc) is 2.70. The molecule has 2 unspecified atom stereocenters. The summed E-state index contributed by atoms with van der Waals surface area (Å²) in [5, 5.41) is 4.82. The van der Waals surface area contributed by atoms with Gasteiger partial charge in [-0.1, -0.05) is 6.92 Å². The van der Waals surface area contributed by atoms with Crippen molar-refractivity contribution in [2.45, 2.75) is 83.9 Å². The van der Waals surface area contributed by atoms with Crippen molar-refractivity contribution >= 4 is 11.6 Å². The summed E-state index contributed by atoms with van der Waals surface area (Å²) in [6, 6.07) is 0.255. The zero-order valence-corrected chi connectivity index (χ0v) is 14.5. The van der Waals surface area contributed by atoms with E-state index >= 15 is 0 Å². The van der Waals surface area contributed by atoms with Gasteiger partial charge in [0.25, 0.3) is 0 Å². The van der Waals surface area contributed by atoms with Crippen LogP contribution in [-0.4, -0.2) is 21.0 Å². The lowest BCUT2D eigenvalue weighted by molar-refractivity contribution is -0.0739. The van der Waals surface area contributed by atoms with Gasteiger partial charge in [0.15, 0.2) is 0 Å². The van der Waals surface area contributed by atoms with Crippen molar-refractivity contribution in [3.05, 3.63) is 17.0 Å². The molecule has 0 amide bonds. The summed E-state index contributed by atoms with van der Waals surface area (Å²) in [4.78, 5) is 0. The molecular weight excluding hydrogens is 272 g/mol. The fourth-order valence-electron chi connectivity index (χ4n) is 3.55. The summed E-state index contributed by atoms with van der Waals surface area (Å²) >= 11 is 6.46. The summed E-state index contributed by atoms with van der Waals surface area (Å²) < 4.78 is 8.34. The van der Waals surface area contributed by atoms with Crippen LogP contribution in [-0.2, 0) is 4.74 Å². The second kappa shape index (κ2) is 5.03. The summed E-state index contributed by atoms with van der Waals surface area (Å²) in [5.74, 6) is 0. The Balaban J connectivity index is 2.44. The van der Waals surface area contributed by atoms with Gasteiger partial charge in [-0.15, -0.1) is 11.6 Å². The fraction of sp³-hybridized carbons (Fsp3) is 0.812. The molecule has 2 atom stereocenters. The van der Waals surface area contributed by atoms with Crippen LogP contribution in [0.15, 0.2) is 0 Å². The normalized spacial score (nSPS) is 25.9. The van der Waals surface area contributed by atoms with Gasteiger partial charge in [0, 0.05) is 17.7 Å². The lowest BCUT2D eigenvalue weighted by atomic mass is 9.94. The molecule has 0 aromatic carbocycles. The molecule has 1 aliphatic rings. The molecule has 0 saturated carbocycles. The van der Waals surface area contributed by atoms with E-state index in [4.69, 9.17) is 21.4 Å². The van der Waals surface area contributed by atoms with Crippen molar-refractivity contribution in [3.8, 4) is 0 Å². The first kappa shape index (κ1) is 15.8. The zero-order chi connectivity index (χ0) is 15.3. The fourth-order valence-corrected chi connectivity index (χ4v) is 3.87. The molecular formula is C16H27ClN2O. The van der Waals surface area contributed by atoms with E-state index in [1.807, 2.05) is 0 Å². The lowest BCUT2D eigenvalue weighted by Gasteiger charge is -2.28. The van der Waals surface area contributed by atoms with Gasteiger partial charge in [-0.2, -0.15) is 5.10 Å². The van der Waals surface area contributed by atoms with Crippen molar-refractivity contribution in [1.82, 2.24) is 9.78 Å². The van der Waals surface area contributed by atoms with Gasteiger partial charge in [-0.25, -0.2) is 0 Å². The predicted molar refractivity (Wildman–Crippen MR) is 83.5 cm³/mol. The van der Waals surface area contributed by atoms with Gasteiger partial charge in [0.05, 0.1) is 28.3 Å². The van der Waals surface area contributed by atoms with E-state index in [0.29, 0.717) is 0 Å². The van der Waals surface area contributed by atoms with Crippen molar-refractivity contribution in [2.24, 2.45) is 0 Å². The quantitative estimate of drug-likeness (QED) is 0.756. The van der Waals surface area contributed by atoms with E-state index in [-0.39, 0.29) is 22.6 Å². The van der Waals surface area contributed by atoms with Crippen LogP contribution in [0, 0.1) is 13.8 Å². The molecule has 2 rings (SSSR count). The van der Waals surface area contributed by atoms with Crippen molar-refractivity contribution in [3.63, 3.8) is 0 Å². The van der Waals surface area contributed by atoms with Crippen LogP contribution in [0.3, 0.4) is 0 Å². The third kappa shape index (κ3) is 2.62. The predicted octanol–water partition coefficient (Wildman–Crippen LogP) is 4.71. The molecule has 0 spiro atoms. The number of nitrogens with zero attached hydrogens (tertiary/aromatic N) is 2. The zero-order valence-electron chi connectivity index (χ0n) is 13.7. The molecule has 3 nitrogen and oxygen atoms in total. The average molecular weight is 299 g/mol. The summed E-state index contributed by atoms with van der Waals surface area (Å²) in [6.07, 6.45) is 1.89. The molecule has 1 aliphatic heterocycles. The Kier molecular flexibility index (Phi) is 3.98. The van der Waals surface area contributed by atoms with E-state index in [9.17, 15) is 0 Å². The molecule has 114 valence electrons. The minimum absolute atomic E-state index is 0.0437. The number of hydrogen-bond acceptors (Lipinski definition) is 2. The highest BCUT2D eigenvalue weighted by molar-refractivity contribution is 6.20. The second-order valence-electron chi connectivity index (χ2n) is 7.09. The number of ether oxygens (including phenoxy) is 1. The number of rotatable bonds is 3. The minimum atomic E-state index is -0.210. The largest absolute Gasteiger partial charge is 0.367 e. The molecule has 1 fully saturated rings. The maximum absolute atomic E-state index is 6.46. The topological polar surface area (TPSA) is 27.1 Å². The Morgan fingerprint density at radius 3 is 2.40 bits per heavy atom. The van der Waals surface area contributed by atoms with Crippen LogP contribution in [0.25, 0.3) is 0 Å². The Hall–Kier alpha value is -0.540. The van der Waals surface area contributed by atoms with Crippen molar-refractivity contribution in [1.29, 1.82) is 0 Å². The van der Waals surface area contributed by atoms with E-state index in [2.05, 4.69) is 53.1 Å². The maximum atomic E-state index is 6.46. The molecule has 0 N–H and O–H groups in total. The van der Waals surface area contributed by atoms with E-state index < -0.39 is 0 Å². The molecule has 0 aliphatic carbocycles. The number of aromatic nitrogens is 2. The second-order valence-corrected chi connectivity index (χ2v) is 7.62. The third-order valence-electron chi connectivity index (χ3n) is 4.37. The van der Waals surface area contributed by atoms with Crippen LogP contribution < -0.4 is 0 Å². The van der Waals surface area contributed by atoms with E-state index in [1.165, 1.54) is 11.3 Å². The number of hydrogen-bond donors (Lipinski definition) is 0. The van der Waals surface area contributed by atoms with Gasteiger partial charge >= 0.3 is 0 Å². The summed E-state index contributed by atoms with van der Waals surface area (Å²) in [7, 11) is 0. The molecule has 2 heterocycles. The molecule has 0 radical (unpaired) electrons. The highest BCUT2D eigenvalue weighted by Gasteiger charge is 2.48. The first-order chi connectivity index (χ1) is 9.09. The van der Waals surface area contributed by atoms with Gasteiger partial charge in [-0.05, 0) is 48.0 Å². The summed E-state index contributed by atoms with van der Waals surface area (Å²) in [6.45, 7) is 14.9. The Morgan fingerprint density at radius 2 is 1.95 bits per heavy atom. The lowest BCUT2D eigenvalue weighted by Crippen LogP contribution is -2.32. The first-order valence-corrected chi connectivity index (χ1v) is 7.92. The van der Waals surface area contributed by atoms with E-state index in [1.54, 1.807) is 0 Å². The molecule has 1 aromatic rings. The molecule has 4 heteroatoms. The Bertz CT molecular complexity index is 505. The van der Waals surface area contributed by atoms with Crippen LogP contribution >= 0.6 is 11.6 Å². The highest BCUT2D eigenvalue weighted by atomic mass is 35.5. The monoisotopic (exact) mass is 298 g/mol. The molecule has 0 bridgehead atoms. The molecule has 1 aromatic heterocycles. The third-order valence-corrected chi connectivity index (χ3v) is 4.90. The Morgan fingerprint density at radius 1 is 1.35 bits per heavy atom. The van der Waals surface area contributed by atoms with Crippen molar-refractivity contribution in [2.75, 3.05) is 0 Å².